The maximum Gasteiger partial charge on any atom is 0.265 e. The van der Waals surface area contributed by atoms with Gasteiger partial charge in [0, 0.05) is 28.2 Å². The first-order valence-corrected chi connectivity index (χ1v) is 7.36. The predicted molar refractivity (Wildman–Crippen MR) is 88.0 cm³/mol. The SMILES string of the molecule is CN(C)c1ncc(NC(=O)c2ccc(Cl)s2)c(N(C)C)n1. The van der Waals surface area contributed by atoms with Gasteiger partial charge in [-0.05, 0) is 12.1 Å². The van der Waals surface area contributed by atoms with Crippen molar-refractivity contribution in [1.82, 2.24) is 9.97 Å². The summed E-state index contributed by atoms with van der Waals surface area (Å²) in [5, 5.41) is 2.82. The van der Waals surface area contributed by atoms with Gasteiger partial charge in [0.05, 0.1) is 15.4 Å². The lowest BCUT2D eigenvalue weighted by Gasteiger charge is -2.19. The largest absolute Gasteiger partial charge is 0.361 e. The van der Waals surface area contributed by atoms with E-state index in [0.29, 0.717) is 26.7 Å². The first-order chi connectivity index (χ1) is 9.88. The Balaban J connectivity index is 2.29. The van der Waals surface area contributed by atoms with Gasteiger partial charge in [-0.3, -0.25) is 4.79 Å². The number of carbonyl (C=O) groups excluding carboxylic acids is 1. The van der Waals surface area contributed by atoms with Gasteiger partial charge in [0.2, 0.25) is 5.95 Å². The summed E-state index contributed by atoms with van der Waals surface area (Å²) in [6, 6.07) is 3.38. The number of halogens is 1. The summed E-state index contributed by atoms with van der Waals surface area (Å²) < 4.78 is 0.576. The van der Waals surface area contributed by atoms with Crippen molar-refractivity contribution >= 4 is 46.3 Å². The van der Waals surface area contributed by atoms with Gasteiger partial charge in [-0.2, -0.15) is 4.98 Å². The quantitative estimate of drug-likeness (QED) is 0.936. The van der Waals surface area contributed by atoms with Crippen LogP contribution in [0, 0.1) is 0 Å². The third-order valence-electron chi connectivity index (χ3n) is 2.62. The van der Waals surface area contributed by atoms with E-state index < -0.39 is 0 Å². The maximum absolute atomic E-state index is 12.2. The molecule has 6 nitrogen and oxygen atoms in total. The molecule has 0 atom stereocenters. The molecule has 0 spiro atoms. The van der Waals surface area contributed by atoms with Crippen molar-refractivity contribution in [2.45, 2.75) is 0 Å². The molecule has 0 fully saturated rings. The van der Waals surface area contributed by atoms with Gasteiger partial charge in [-0.25, -0.2) is 4.98 Å². The fourth-order valence-corrected chi connectivity index (χ4v) is 2.57. The maximum atomic E-state index is 12.2. The van der Waals surface area contributed by atoms with E-state index in [1.165, 1.54) is 11.3 Å². The first-order valence-electron chi connectivity index (χ1n) is 6.17. The minimum Gasteiger partial charge on any atom is -0.361 e. The van der Waals surface area contributed by atoms with Gasteiger partial charge >= 0.3 is 0 Å². The summed E-state index contributed by atoms with van der Waals surface area (Å²) in [5.41, 5.74) is 0.556. The molecule has 2 aromatic heterocycles. The van der Waals surface area contributed by atoms with E-state index in [-0.39, 0.29) is 5.91 Å². The number of thiophene rings is 1. The standard InChI is InChI=1S/C13H16ClN5OS/c1-18(2)11-8(7-15-13(17-11)19(3)4)16-12(20)9-5-6-10(14)21-9/h5-7H,1-4H3,(H,16,20). The van der Waals surface area contributed by atoms with Crippen LogP contribution in [0.5, 0.6) is 0 Å². The summed E-state index contributed by atoms with van der Waals surface area (Å²) in [6.45, 7) is 0. The highest BCUT2D eigenvalue weighted by Gasteiger charge is 2.15. The second-order valence-electron chi connectivity index (χ2n) is 4.75. The lowest BCUT2D eigenvalue weighted by molar-refractivity contribution is 0.103. The Hall–Kier alpha value is -1.86. The van der Waals surface area contributed by atoms with Crippen molar-refractivity contribution in [3.8, 4) is 0 Å². The highest BCUT2D eigenvalue weighted by atomic mass is 35.5. The monoisotopic (exact) mass is 325 g/mol. The molecule has 0 aromatic carbocycles. The molecule has 0 aliphatic rings. The van der Waals surface area contributed by atoms with Crippen LogP contribution in [0.1, 0.15) is 9.67 Å². The van der Waals surface area contributed by atoms with Crippen LogP contribution in [-0.4, -0.2) is 44.1 Å². The van der Waals surface area contributed by atoms with E-state index in [9.17, 15) is 4.79 Å². The summed E-state index contributed by atoms with van der Waals surface area (Å²) in [7, 11) is 7.44. The summed E-state index contributed by atoms with van der Waals surface area (Å²) >= 11 is 7.07. The van der Waals surface area contributed by atoms with Crippen LogP contribution < -0.4 is 15.1 Å². The molecule has 0 saturated heterocycles. The number of nitrogens with zero attached hydrogens (tertiary/aromatic N) is 4. The van der Waals surface area contributed by atoms with Crippen LogP contribution in [0.3, 0.4) is 0 Å². The first kappa shape index (κ1) is 15.5. The van der Waals surface area contributed by atoms with E-state index in [4.69, 9.17) is 11.6 Å². The van der Waals surface area contributed by atoms with Crippen LogP contribution >= 0.6 is 22.9 Å². The molecule has 21 heavy (non-hydrogen) atoms. The van der Waals surface area contributed by atoms with Crippen molar-refractivity contribution in [2.24, 2.45) is 0 Å². The van der Waals surface area contributed by atoms with Gasteiger partial charge in [-0.1, -0.05) is 11.6 Å². The zero-order valence-electron chi connectivity index (χ0n) is 12.2. The average molecular weight is 326 g/mol. The van der Waals surface area contributed by atoms with Crippen LogP contribution in [-0.2, 0) is 0 Å². The molecular formula is C13H16ClN5OS. The molecule has 2 aromatic rings. The van der Waals surface area contributed by atoms with Gasteiger partial charge in [0.25, 0.3) is 5.91 Å². The highest BCUT2D eigenvalue weighted by molar-refractivity contribution is 7.18. The van der Waals surface area contributed by atoms with Crippen LogP contribution in [0.2, 0.25) is 4.34 Å². The molecule has 0 aliphatic carbocycles. The number of amides is 1. The summed E-state index contributed by atoms with van der Waals surface area (Å²) in [6.07, 6.45) is 1.60. The van der Waals surface area contributed by atoms with Crippen LogP contribution in [0.4, 0.5) is 17.5 Å². The molecule has 2 rings (SSSR count). The van der Waals surface area contributed by atoms with E-state index in [0.717, 1.165) is 0 Å². The minimum atomic E-state index is -0.226. The van der Waals surface area contributed by atoms with Crippen molar-refractivity contribution in [2.75, 3.05) is 43.3 Å². The third kappa shape index (κ3) is 3.62. The molecule has 112 valence electrons. The number of nitrogens with one attached hydrogen (secondary N) is 1. The van der Waals surface area contributed by atoms with Gasteiger partial charge in [0.1, 0.15) is 5.69 Å². The molecule has 0 bridgehead atoms. The highest BCUT2D eigenvalue weighted by Crippen LogP contribution is 2.26. The number of aromatic nitrogens is 2. The third-order valence-corrected chi connectivity index (χ3v) is 3.85. The van der Waals surface area contributed by atoms with E-state index in [1.54, 1.807) is 23.2 Å². The Bertz CT molecular complexity index is 656. The Labute approximate surface area is 132 Å². The molecule has 0 unspecified atom stereocenters. The normalized spacial score (nSPS) is 10.3. The Morgan fingerprint density at radius 3 is 2.48 bits per heavy atom. The van der Waals surface area contributed by atoms with Crippen LogP contribution in [0.25, 0.3) is 0 Å². The van der Waals surface area contributed by atoms with E-state index in [1.807, 2.05) is 33.1 Å². The second kappa shape index (κ2) is 6.28. The molecule has 1 amide bonds. The van der Waals surface area contributed by atoms with Crippen molar-refractivity contribution in [1.29, 1.82) is 0 Å². The number of anilines is 3. The van der Waals surface area contributed by atoms with Gasteiger partial charge in [0.15, 0.2) is 5.82 Å². The van der Waals surface area contributed by atoms with E-state index >= 15 is 0 Å². The molecule has 0 aliphatic heterocycles. The Kier molecular flexibility index (Phi) is 4.64. The Morgan fingerprint density at radius 2 is 1.95 bits per heavy atom. The lowest BCUT2D eigenvalue weighted by Crippen LogP contribution is -2.20. The molecule has 2 heterocycles. The van der Waals surface area contributed by atoms with E-state index in [2.05, 4.69) is 15.3 Å². The van der Waals surface area contributed by atoms with Crippen molar-refractivity contribution in [3.63, 3.8) is 0 Å². The van der Waals surface area contributed by atoms with Crippen molar-refractivity contribution < 1.29 is 4.79 Å². The summed E-state index contributed by atoms with van der Waals surface area (Å²) in [4.78, 5) is 25.0. The number of hydrogen-bond donors (Lipinski definition) is 1. The smallest absolute Gasteiger partial charge is 0.265 e. The number of rotatable bonds is 4. The van der Waals surface area contributed by atoms with Crippen LogP contribution in [0.15, 0.2) is 18.3 Å². The number of carbonyl (C=O) groups is 1. The second-order valence-corrected chi connectivity index (χ2v) is 6.47. The minimum absolute atomic E-state index is 0.226. The molecule has 8 heteroatoms. The molecule has 1 N–H and O–H groups in total. The zero-order chi connectivity index (χ0) is 15.6. The number of hydrogen-bond acceptors (Lipinski definition) is 6. The van der Waals surface area contributed by atoms with Crippen molar-refractivity contribution in [3.05, 3.63) is 27.5 Å². The summed E-state index contributed by atoms with van der Waals surface area (Å²) in [5.74, 6) is 0.997. The Morgan fingerprint density at radius 1 is 1.24 bits per heavy atom. The molecule has 0 radical (unpaired) electrons. The molecular weight excluding hydrogens is 310 g/mol. The fraction of sp³-hybridized carbons (Fsp3) is 0.308. The topological polar surface area (TPSA) is 61.4 Å². The predicted octanol–water partition coefficient (Wildman–Crippen LogP) is 2.58. The zero-order valence-corrected chi connectivity index (χ0v) is 13.8. The molecule has 0 saturated carbocycles. The van der Waals surface area contributed by atoms with Gasteiger partial charge in [-0.15, -0.1) is 11.3 Å². The average Bonchev–Trinajstić information content (AvgIpc) is 2.85. The van der Waals surface area contributed by atoms with Gasteiger partial charge < -0.3 is 15.1 Å². The lowest BCUT2D eigenvalue weighted by atomic mass is 10.4. The fourth-order valence-electron chi connectivity index (χ4n) is 1.63.